The topological polar surface area (TPSA) is 93.5 Å². The minimum absolute atomic E-state index is 0.0651. The Morgan fingerprint density at radius 3 is 2.40 bits per heavy atom. The summed E-state index contributed by atoms with van der Waals surface area (Å²) in [6, 6.07) is 6.08. The van der Waals surface area contributed by atoms with Crippen LogP contribution in [0.25, 0.3) is 0 Å². The summed E-state index contributed by atoms with van der Waals surface area (Å²) in [7, 11) is 1.78. The zero-order valence-electron chi connectivity index (χ0n) is 15.0. The zero-order chi connectivity index (χ0) is 18.7. The van der Waals surface area contributed by atoms with Crippen LogP contribution in [-0.2, 0) is 7.05 Å². The number of nitrogens with zero attached hydrogens (tertiary/aromatic N) is 2. The molecule has 134 valence electrons. The summed E-state index contributed by atoms with van der Waals surface area (Å²) >= 11 is 0. The lowest BCUT2D eigenvalue weighted by Crippen LogP contribution is -2.16. The van der Waals surface area contributed by atoms with Crippen molar-refractivity contribution < 1.29 is 19.4 Å². The van der Waals surface area contributed by atoms with Crippen LogP contribution in [-0.4, -0.2) is 32.9 Å². The number of aromatic carboxylic acids is 1. The Kier molecular flexibility index (Phi) is 5.46. The second-order valence-corrected chi connectivity index (χ2v) is 6.37. The molecule has 0 fully saturated rings. The molecule has 2 N–H and O–H groups in total. The molecule has 2 aromatic rings. The van der Waals surface area contributed by atoms with E-state index in [-0.39, 0.29) is 23.3 Å². The smallest absolute Gasteiger partial charge is 0.335 e. The van der Waals surface area contributed by atoms with Gasteiger partial charge in [0.05, 0.1) is 17.4 Å². The Balaban J connectivity index is 2.33. The quantitative estimate of drug-likeness (QED) is 0.838. The minimum atomic E-state index is -1.08. The first-order chi connectivity index (χ1) is 11.7. The second kappa shape index (κ2) is 7.38. The van der Waals surface area contributed by atoms with Crippen LogP contribution < -0.4 is 10.1 Å². The number of carboxylic acids is 1. The van der Waals surface area contributed by atoms with Crippen molar-refractivity contribution in [2.24, 2.45) is 7.05 Å². The summed E-state index contributed by atoms with van der Waals surface area (Å²) in [5.74, 6) is -0.854. The number of hydrogen-bond acceptors (Lipinski definition) is 4. The van der Waals surface area contributed by atoms with E-state index < -0.39 is 11.9 Å². The standard InChI is InChI=1S/C18H23N3O4/c1-10(2)15-9-14(20-21(15)5)17(22)19-13-8-12(18(23)24)6-7-16(13)25-11(3)4/h6-11H,1-5H3,(H,19,22)(H,23,24). The molecule has 0 radical (unpaired) electrons. The van der Waals surface area contributed by atoms with Crippen molar-refractivity contribution in [3.8, 4) is 5.75 Å². The van der Waals surface area contributed by atoms with Gasteiger partial charge in [-0.05, 0) is 44.0 Å². The number of amides is 1. The number of anilines is 1. The van der Waals surface area contributed by atoms with Crippen LogP contribution in [0.2, 0.25) is 0 Å². The first kappa shape index (κ1) is 18.5. The Hall–Kier alpha value is -2.83. The minimum Gasteiger partial charge on any atom is -0.489 e. The largest absolute Gasteiger partial charge is 0.489 e. The van der Waals surface area contributed by atoms with Crippen LogP contribution in [0.4, 0.5) is 5.69 Å². The van der Waals surface area contributed by atoms with E-state index >= 15 is 0 Å². The number of rotatable bonds is 6. The third-order valence-electron chi connectivity index (χ3n) is 3.58. The molecule has 0 bridgehead atoms. The maximum absolute atomic E-state index is 12.5. The molecule has 25 heavy (non-hydrogen) atoms. The van der Waals surface area contributed by atoms with Crippen LogP contribution in [0, 0.1) is 0 Å². The number of hydrogen-bond donors (Lipinski definition) is 2. The van der Waals surface area contributed by atoms with E-state index in [2.05, 4.69) is 10.4 Å². The van der Waals surface area contributed by atoms with Crippen LogP contribution in [0.3, 0.4) is 0 Å². The highest BCUT2D eigenvalue weighted by Crippen LogP contribution is 2.28. The van der Waals surface area contributed by atoms with Gasteiger partial charge in [0.1, 0.15) is 5.75 Å². The molecule has 2 rings (SSSR count). The van der Waals surface area contributed by atoms with E-state index in [0.717, 1.165) is 5.69 Å². The summed E-state index contributed by atoms with van der Waals surface area (Å²) in [5.41, 5.74) is 1.57. The van der Waals surface area contributed by atoms with Gasteiger partial charge in [0.25, 0.3) is 5.91 Å². The molecular formula is C18H23N3O4. The van der Waals surface area contributed by atoms with Gasteiger partial charge in [0, 0.05) is 12.7 Å². The Labute approximate surface area is 146 Å². The van der Waals surface area contributed by atoms with Gasteiger partial charge >= 0.3 is 5.97 Å². The average molecular weight is 345 g/mol. The Morgan fingerprint density at radius 1 is 1.20 bits per heavy atom. The molecule has 1 aromatic carbocycles. The average Bonchev–Trinajstić information content (AvgIpc) is 2.90. The zero-order valence-corrected chi connectivity index (χ0v) is 15.0. The lowest BCUT2D eigenvalue weighted by atomic mass is 10.1. The van der Waals surface area contributed by atoms with E-state index in [1.165, 1.54) is 18.2 Å². The normalized spacial score (nSPS) is 11.0. The second-order valence-electron chi connectivity index (χ2n) is 6.37. The molecular weight excluding hydrogens is 322 g/mol. The molecule has 1 aromatic heterocycles. The van der Waals surface area contributed by atoms with Gasteiger partial charge in [0.15, 0.2) is 5.69 Å². The van der Waals surface area contributed by atoms with E-state index in [1.807, 2.05) is 27.7 Å². The van der Waals surface area contributed by atoms with Crippen molar-refractivity contribution >= 4 is 17.6 Å². The van der Waals surface area contributed by atoms with E-state index in [1.54, 1.807) is 17.8 Å². The fraction of sp³-hybridized carbons (Fsp3) is 0.389. The van der Waals surface area contributed by atoms with Crippen molar-refractivity contribution in [2.45, 2.75) is 39.7 Å². The molecule has 0 aliphatic carbocycles. The van der Waals surface area contributed by atoms with Gasteiger partial charge in [0.2, 0.25) is 0 Å². The highest BCUT2D eigenvalue weighted by molar-refractivity contribution is 6.04. The van der Waals surface area contributed by atoms with Gasteiger partial charge in [-0.1, -0.05) is 13.8 Å². The monoisotopic (exact) mass is 345 g/mol. The lowest BCUT2D eigenvalue weighted by Gasteiger charge is -2.15. The molecule has 0 aliphatic heterocycles. The summed E-state index contributed by atoms with van der Waals surface area (Å²) < 4.78 is 7.32. The number of carboxylic acid groups (broad SMARTS) is 1. The molecule has 0 unspecified atom stereocenters. The van der Waals surface area contributed by atoms with E-state index in [4.69, 9.17) is 9.84 Å². The number of carbonyl (C=O) groups excluding carboxylic acids is 1. The SMILES string of the molecule is CC(C)Oc1ccc(C(=O)O)cc1NC(=O)c1cc(C(C)C)n(C)n1. The van der Waals surface area contributed by atoms with Crippen LogP contribution in [0.1, 0.15) is 60.2 Å². The number of aryl methyl sites for hydroxylation is 1. The van der Waals surface area contributed by atoms with Crippen LogP contribution in [0.5, 0.6) is 5.75 Å². The van der Waals surface area contributed by atoms with Crippen LogP contribution in [0.15, 0.2) is 24.3 Å². The predicted octanol–water partition coefficient (Wildman–Crippen LogP) is 3.28. The van der Waals surface area contributed by atoms with Crippen molar-refractivity contribution in [1.82, 2.24) is 9.78 Å². The van der Waals surface area contributed by atoms with Gasteiger partial charge in [-0.3, -0.25) is 9.48 Å². The molecule has 0 saturated heterocycles. The number of nitrogens with one attached hydrogen (secondary N) is 1. The van der Waals surface area contributed by atoms with Gasteiger partial charge in [-0.2, -0.15) is 5.10 Å². The fourth-order valence-corrected chi connectivity index (χ4v) is 2.44. The summed E-state index contributed by atoms with van der Waals surface area (Å²) in [6.45, 7) is 7.74. The lowest BCUT2D eigenvalue weighted by molar-refractivity contribution is 0.0696. The molecule has 7 heteroatoms. The molecule has 1 heterocycles. The van der Waals surface area contributed by atoms with Crippen molar-refractivity contribution in [2.75, 3.05) is 5.32 Å². The third-order valence-corrected chi connectivity index (χ3v) is 3.58. The van der Waals surface area contributed by atoms with Gasteiger partial charge in [-0.25, -0.2) is 4.79 Å². The fourth-order valence-electron chi connectivity index (χ4n) is 2.44. The molecule has 1 amide bonds. The van der Waals surface area contributed by atoms with Crippen LogP contribution >= 0.6 is 0 Å². The molecule has 0 spiro atoms. The molecule has 0 atom stereocenters. The van der Waals surface area contributed by atoms with Gasteiger partial charge < -0.3 is 15.2 Å². The van der Waals surface area contributed by atoms with Crippen molar-refractivity contribution in [3.05, 3.63) is 41.2 Å². The maximum Gasteiger partial charge on any atom is 0.335 e. The number of aromatic nitrogens is 2. The third kappa shape index (κ3) is 4.37. The maximum atomic E-state index is 12.5. The van der Waals surface area contributed by atoms with Crippen molar-refractivity contribution in [3.63, 3.8) is 0 Å². The summed E-state index contributed by atoms with van der Waals surface area (Å²) in [4.78, 5) is 23.7. The van der Waals surface area contributed by atoms with Crippen molar-refractivity contribution in [1.29, 1.82) is 0 Å². The number of carbonyl (C=O) groups is 2. The first-order valence-electron chi connectivity index (χ1n) is 8.08. The summed E-state index contributed by atoms with van der Waals surface area (Å²) in [6.07, 6.45) is -0.117. The molecule has 7 nitrogen and oxygen atoms in total. The molecule has 0 saturated carbocycles. The predicted molar refractivity (Wildman–Crippen MR) is 94.4 cm³/mol. The Morgan fingerprint density at radius 2 is 1.88 bits per heavy atom. The van der Waals surface area contributed by atoms with E-state index in [9.17, 15) is 9.59 Å². The van der Waals surface area contributed by atoms with Gasteiger partial charge in [-0.15, -0.1) is 0 Å². The highest BCUT2D eigenvalue weighted by Gasteiger charge is 2.18. The summed E-state index contributed by atoms with van der Waals surface area (Å²) in [5, 5.41) is 16.1. The highest BCUT2D eigenvalue weighted by atomic mass is 16.5. The van der Waals surface area contributed by atoms with E-state index in [0.29, 0.717) is 11.4 Å². The number of benzene rings is 1. The number of ether oxygens (including phenoxy) is 1. The Bertz CT molecular complexity index is 794. The first-order valence-corrected chi connectivity index (χ1v) is 8.08. The molecule has 0 aliphatic rings.